The Morgan fingerprint density at radius 1 is 1.27 bits per heavy atom. The molecule has 1 atom stereocenters. The molecule has 0 amide bonds. The number of hydrogen-bond donors (Lipinski definition) is 1. The summed E-state index contributed by atoms with van der Waals surface area (Å²) in [6.07, 6.45) is 2.64. The molecule has 1 aliphatic rings. The van der Waals surface area contributed by atoms with Gasteiger partial charge in [-0.15, -0.1) is 0 Å². The van der Waals surface area contributed by atoms with Crippen LogP contribution < -0.4 is 14.8 Å². The first-order valence-electron chi connectivity index (χ1n) is 9.42. The van der Waals surface area contributed by atoms with E-state index in [0.29, 0.717) is 12.6 Å². The van der Waals surface area contributed by atoms with Gasteiger partial charge in [-0.25, -0.2) is 0 Å². The average Bonchev–Trinajstić information content (AvgIpc) is 3.49. The van der Waals surface area contributed by atoms with Crippen LogP contribution in [0.4, 0.5) is 0 Å². The number of hydrogen-bond acceptors (Lipinski definition) is 4. The summed E-state index contributed by atoms with van der Waals surface area (Å²) in [7, 11) is 7.61. The SMILES string of the molecule is CCNC(=NCC(C)N(C)C1CC1)N(C)Cc1ccc(OC)cc1OC. The Bertz CT molecular complexity index is 601. The standard InChI is InChI=1S/C20H34N4O2/c1-7-21-20(22-13-15(2)24(4)17-9-10-17)23(3)14-16-8-11-18(25-5)12-19(16)26-6/h8,11-12,15,17H,7,9-10,13-14H2,1-6H3,(H,21,22). The highest BCUT2D eigenvalue weighted by Crippen LogP contribution is 2.27. The molecular formula is C20H34N4O2. The van der Waals surface area contributed by atoms with Crippen molar-refractivity contribution in [2.45, 2.75) is 45.3 Å². The Hall–Kier alpha value is -1.95. The molecule has 26 heavy (non-hydrogen) atoms. The van der Waals surface area contributed by atoms with E-state index >= 15 is 0 Å². The molecule has 1 saturated carbocycles. The number of ether oxygens (including phenoxy) is 2. The van der Waals surface area contributed by atoms with Gasteiger partial charge < -0.3 is 19.7 Å². The lowest BCUT2D eigenvalue weighted by molar-refractivity contribution is 0.252. The van der Waals surface area contributed by atoms with Crippen LogP contribution in [0.3, 0.4) is 0 Å². The van der Waals surface area contributed by atoms with Crippen molar-refractivity contribution >= 4 is 5.96 Å². The Labute approximate surface area is 158 Å². The number of rotatable bonds is 9. The largest absolute Gasteiger partial charge is 0.497 e. The summed E-state index contributed by atoms with van der Waals surface area (Å²) in [5, 5.41) is 3.39. The molecule has 1 aromatic carbocycles. The molecule has 1 fully saturated rings. The summed E-state index contributed by atoms with van der Waals surface area (Å²) in [5.41, 5.74) is 1.10. The third-order valence-corrected chi connectivity index (χ3v) is 4.92. The highest BCUT2D eigenvalue weighted by atomic mass is 16.5. The van der Waals surface area contributed by atoms with E-state index in [0.717, 1.165) is 42.2 Å². The van der Waals surface area contributed by atoms with Crippen molar-refractivity contribution in [1.29, 1.82) is 0 Å². The average molecular weight is 363 g/mol. The number of nitrogens with one attached hydrogen (secondary N) is 1. The molecule has 6 heteroatoms. The van der Waals surface area contributed by atoms with Crippen LogP contribution in [0.5, 0.6) is 11.5 Å². The Morgan fingerprint density at radius 3 is 2.58 bits per heavy atom. The van der Waals surface area contributed by atoms with Gasteiger partial charge in [0, 0.05) is 43.9 Å². The lowest BCUT2D eigenvalue weighted by atomic mass is 10.2. The van der Waals surface area contributed by atoms with Gasteiger partial charge in [-0.3, -0.25) is 9.89 Å². The van der Waals surface area contributed by atoms with Crippen molar-refractivity contribution in [3.05, 3.63) is 23.8 Å². The number of methoxy groups -OCH3 is 2. The van der Waals surface area contributed by atoms with E-state index < -0.39 is 0 Å². The Balaban J connectivity index is 2.05. The molecule has 1 aliphatic carbocycles. The van der Waals surface area contributed by atoms with Crippen LogP contribution in [0.15, 0.2) is 23.2 Å². The molecule has 0 aromatic heterocycles. The molecule has 0 saturated heterocycles. The normalized spacial score (nSPS) is 15.7. The quantitative estimate of drug-likeness (QED) is 0.540. The molecule has 1 unspecified atom stereocenters. The second-order valence-corrected chi connectivity index (χ2v) is 6.97. The molecule has 146 valence electrons. The second-order valence-electron chi connectivity index (χ2n) is 6.97. The molecule has 1 aromatic rings. The maximum absolute atomic E-state index is 5.52. The third kappa shape index (κ3) is 5.53. The van der Waals surface area contributed by atoms with E-state index in [1.54, 1.807) is 14.2 Å². The summed E-state index contributed by atoms with van der Waals surface area (Å²) in [5.74, 6) is 2.54. The molecule has 0 radical (unpaired) electrons. The van der Waals surface area contributed by atoms with Crippen molar-refractivity contribution in [2.75, 3.05) is 41.4 Å². The highest BCUT2D eigenvalue weighted by molar-refractivity contribution is 5.79. The summed E-state index contributed by atoms with van der Waals surface area (Å²) < 4.78 is 10.8. The van der Waals surface area contributed by atoms with Gasteiger partial charge in [0.1, 0.15) is 11.5 Å². The Morgan fingerprint density at radius 2 is 2.00 bits per heavy atom. The summed E-state index contributed by atoms with van der Waals surface area (Å²) >= 11 is 0. The van der Waals surface area contributed by atoms with Gasteiger partial charge in [0.25, 0.3) is 0 Å². The maximum atomic E-state index is 5.52. The minimum absolute atomic E-state index is 0.445. The van der Waals surface area contributed by atoms with Crippen LogP contribution in [0.25, 0.3) is 0 Å². The summed E-state index contributed by atoms with van der Waals surface area (Å²) in [6.45, 7) is 6.69. The van der Waals surface area contributed by atoms with Gasteiger partial charge in [0.2, 0.25) is 0 Å². The van der Waals surface area contributed by atoms with E-state index in [2.05, 4.69) is 43.1 Å². The topological polar surface area (TPSA) is 49.3 Å². The monoisotopic (exact) mass is 362 g/mol. The van der Waals surface area contributed by atoms with Gasteiger partial charge in [0.05, 0.1) is 20.8 Å². The van der Waals surface area contributed by atoms with Gasteiger partial charge in [0.15, 0.2) is 5.96 Å². The predicted molar refractivity (Wildman–Crippen MR) is 107 cm³/mol. The van der Waals surface area contributed by atoms with Crippen molar-refractivity contribution in [3.63, 3.8) is 0 Å². The molecule has 0 aliphatic heterocycles. The maximum Gasteiger partial charge on any atom is 0.194 e. The van der Waals surface area contributed by atoms with Crippen LogP contribution in [-0.2, 0) is 6.54 Å². The van der Waals surface area contributed by atoms with Crippen molar-refractivity contribution in [2.24, 2.45) is 4.99 Å². The first kappa shape index (κ1) is 20.4. The van der Waals surface area contributed by atoms with Gasteiger partial charge in [-0.2, -0.15) is 0 Å². The molecular weight excluding hydrogens is 328 g/mol. The molecule has 1 N–H and O–H groups in total. The van der Waals surface area contributed by atoms with Crippen molar-refractivity contribution in [3.8, 4) is 11.5 Å². The zero-order chi connectivity index (χ0) is 19.1. The number of likely N-dealkylation sites (N-methyl/N-ethyl adjacent to an activating group) is 1. The zero-order valence-electron chi connectivity index (χ0n) is 17.1. The fourth-order valence-electron chi connectivity index (χ4n) is 2.97. The molecule has 0 spiro atoms. The molecule has 6 nitrogen and oxygen atoms in total. The fraction of sp³-hybridized carbons (Fsp3) is 0.650. The zero-order valence-corrected chi connectivity index (χ0v) is 17.1. The van der Waals surface area contributed by atoms with E-state index in [1.807, 2.05) is 18.2 Å². The first-order valence-corrected chi connectivity index (χ1v) is 9.42. The van der Waals surface area contributed by atoms with Gasteiger partial charge >= 0.3 is 0 Å². The number of aliphatic imine (C=N–C) groups is 1. The van der Waals surface area contributed by atoms with Gasteiger partial charge in [-0.1, -0.05) is 0 Å². The van der Waals surface area contributed by atoms with E-state index in [1.165, 1.54) is 12.8 Å². The molecule has 0 heterocycles. The number of guanidine groups is 1. The van der Waals surface area contributed by atoms with Crippen LogP contribution in [0, 0.1) is 0 Å². The predicted octanol–water partition coefficient (Wildman–Crippen LogP) is 2.58. The third-order valence-electron chi connectivity index (χ3n) is 4.92. The second kappa shape index (κ2) is 9.67. The van der Waals surface area contributed by atoms with Crippen molar-refractivity contribution < 1.29 is 9.47 Å². The smallest absolute Gasteiger partial charge is 0.194 e. The van der Waals surface area contributed by atoms with Crippen LogP contribution >= 0.6 is 0 Å². The Kier molecular flexibility index (Phi) is 7.57. The van der Waals surface area contributed by atoms with Crippen LogP contribution in [-0.4, -0.2) is 69.2 Å². The summed E-state index contributed by atoms with van der Waals surface area (Å²) in [6, 6.07) is 7.12. The van der Waals surface area contributed by atoms with E-state index in [-0.39, 0.29) is 0 Å². The lowest BCUT2D eigenvalue weighted by Crippen LogP contribution is -2.40. The van der Waals surface area contributed by atoms with E-state index in [9.17, 15) is 0 Å². The number of nitrogens with zero attached hydrogens (tertiary/aromatic N) is 3. The van der Waals surface area contributed by atoms with Crippen LogP contribution in [0.2, 0.25) is 0 Å². The minimum Gasteiger partial charge on any atom is -0.497 e. The molecule has 2 rings (SSSR count). The minimum atomic E-state index is 0.445. The van der Waals surface area contributed by atoms with E-state index in [4.69, 9.17) is 14.5 Å². The summed E-state index contributed by atoms with van der Waals surface area (Å²) in [4.78, 5) is 9.43. The fourth-order valence-corrected chi connectivity index (χ4v) is 2.97. The van der Waals surface area contributed by atoms with Gasteiger partial charge in [-0.05, 0) is 45.9 Å². The first-order chi connectivity index (χ1) is 12.5. The number of benzene rings is 1. The lowest BCUT2D eigenvalue weighted by Gasteiger charge is -2.26. The van der Waals surface area contributed by atoms with Crippen LogP contribution in [0.1, 0.15) is 32.3 Å². The highest BCUT2D eigenvalue weighted by Gasteiger charge is 2.29. The molecule has 0 bridgehead atoms. The van der Waals surface area contributed by atoms with Crippen molar-refractivity contribution in [1.82, 2.24) is 15.1 Å².